The summed E-state index contributed by atoms with van der Waals surface area (Å²) in [5.74, 6) is -7.05. The van der Waals surface area contributed by atoms with Crippen LogP contribution in [0.4, 0.5) is 32.0 Å². The van der Waals surface area contributed by atoms with Crippen LogP contribution in [0.15, 0.2) is 30.3 Å². The van der Waals surface area contributed by atoms with Crippen LogP contribution in [0.2, 0.25) is 0 Å². The Bertz CT molecular complexity index is 1090. The van der Waals surface area contributed by atoms with E-state index in [9.17, 15) is 31.1 Å². The molecule has 0 saturated carbocycles. The highest BCUT2D eigenvalue weighted by Gasteiger charge is 2.60. The van der Waals surface area contributed by atoms with Gasteiger partial charge in [-0.2, -0.15) is 17.6 Å². The van der Waals surface area contributed by atoms with Gasteiger partial charge in [0.05, 0.1) is 12.4 Å². The van der Waals surface area contributed by atoms with E-state index in [0.717, 1.165) is 44.4 Å². The quantitative estimate of drug-likeness (QED) is 0.403. The topological polar surface area (TPSA) is 88.0 Å². The molecule has 1 amide bonds. The molecule has 34 heavy (non-hydrogen) atoms. The largest absolute Gasteiger partial charge is 0.707 e. The fraction of sp³-hybridized carbons (Fsp3) is 0.350. The lowest BCUT2D eigenvalue weighted by atomic mass is 9.85. The van der Waals surface area contributed by atoms with Crippen molar-refractivity contribution in [1.29, 1.82) is 0 Å². The van der Waals surface area contributed by atoms with Crippen molar-refractivity contribution >= 4 is 30.7 Å². The average Bonchev–Trinajstić information content (AvgIpc) is 3.11. The predicted octanol–water partition coefficient (Wildman–Crippen LogP) is 4.01. The summed E-state index contributed by atoms with van der Waals surface area (Å²) in [6.45, 7) is 0.900. The number of ether oxygens (including phenoxy) is 1. The molecule has 14 heteroatoms. The van der Waals surface area contributed by atoms with Crippen LogP contribution in [-0.4, -0.2) is 46.6 Å². The first-order valence-electron chi connectivity index (χ1n) is 9.67. The number of methoxy groups -OCH3 is 1. The zero-order valence-electron chi connectivity index (χ0n) is 17.6. The van der Waals surface area contributed by atoms with E-state index < -0.39 is 70.7 Å². The van der Waals surface area contributed by atoms with Crippen molar-refractivity contribution in [3.8, 4) is 11.5 Å². The lowest BCUT2D eigenvalue weighted by Gasteiger charge is -2.26. The van der Waals surface area contributed by atoms with Gasteiger partial charge in [-0.3, -0.25) is 4.79 Å². The highest BCUT2D eigenvalue weighted by Crippen LogP contribution is 2.59. The molecule has 2 aromatic rings. The number of carbonyl (C=O) groups is 1. The minimum absolute atomic E-state index is 0.112. The molecule has 1 aliphatic heterocycles. The van der Waals surface area contributed by atoms with Gasteiger partial charge in [0, 0.05) is 23.2 Å². The minimum Gasteiger partial charge on any atom is -0.510 e. The van der Waals surface area contributed by atoms with Gasteiger partial charge >= 0.3 is 13.5 Å². The van der Waals surface area contributed by atoms with Crippen LogP contribution >= 0.6 is 11.8 Å². The lowest BCUT2D eigenvalue weighted by molar-refractivity contribution is -0.155. The van der Waals surface area contributed by atoms with Gasteiger partial charge in [-0.25, -0.2) is 8.78 Å². The Morgan fingerprint density at radius 3 is 2.41 bits per heavy atom. The first-order chi connectivity index (χ1) is 15.8. The van der Waals surface area contributed by atoms with Gasteiger partial charge in [0.25, 0.3) is 0 Å². The van der Waals surface area contributed by atoms with Gasteiger partial charge in [-0.1, -0.05) is 6.07 Å². The van der Waals surface area contributed by atoms with E-state index in [1.807, 2.05) is 0 Å². The van der Waals surface area contributed by atoms with Gasteiger partial charge in [-0.05, 0) is 31.5 Å². The molecule has 0 bridgehead atoms. The summed E-state index contributed by atoms with van der Waals surface area (Å²) in [5, 5.41) is 18.6. The molecule has 0 unspecified atom stereocenters. The van der Waals surface area contributed by atoms with E-state index in [2.05, 4.69) is 9.97 Å². The number of anilines is 1. The smallest absolute Gasteiger partial charge is 0.510 e. The Morgan fingerprint density at radius 1 is 1.18 bits per heavy atom. The molecule has 1 heterocycles. The molecule has 1 saturated heterocycles. The van der Waals surface area contributed by atoms with Crippen molar-refractivity contribution in [2.45, 2.75) is 35.4 Å². The Balaban J connectivity index is 1.99. The summed E-state index contributed by atoms with van der Waals surface area (Å²) in [6, 6.07) is 4.63. The van der Waals surface area contributed by atoms with Crippen molar-refractivity contribution < 1.29 is 50.6 Å². The number of hydrogen-bond donors (Lipinski definition) is 3. The summed E-state index contributed by atoms with van der Waals surface area (Å²) in [5.41, 5.74) is -0.229. The maximum atomic E-state index is 14.3. The summed E-state index contributed by atoms with van der Waals surface area (Å²) >= 11 is 0.303. The number of amides is 1. The Hall–Kier alpha value is -2.58. The number of alkyl halides is 3. The van der Waals surface area contributed by atoms with Crippen molar-refractivity contribution in [3.05, 3.63) is 53.3 Å². The van der Waals surface area contributed by atoms with E-state index in [-0.39, 0.29) is 11.3 Å². The second-order valence-electron chi connectivity index (χ2n) is 7.64. The molecule has 0 aromatic heterocycles. The van der Waals surface area contributed by atoms with Crippen LogP contribution in [0, 0.1) is 17.5 Å². The molecule has 6 nitrogen and oxygen atoms in total. The van der Waals surface area contributed by atoms with E-state index in [1.165, 1.54) is 0 Å². The SMILES string of the molecule is COc1c([C@@H]2C[C@](C)(C(F)(F)F)S[C@H]2C(=O)Nc2ccc(F)c(OB(O)O)c2)ccc(F)c1F. The van der Waals surface area contributed by atoms with Gasteiger partial charge < -0.3 is 24.8 Å². The molecule has 3 atom stereocenters. The van der Waals surface area contributed by atoms with Crippen LogP contribution in [-0.2, 0) is 4.79 Å². The lowest BCUT2D eigenvalue weighted by Crippen LogP contribution is -2.37. The normalized spacial score (nSPS) is 22.4. The maximum Gasteiger partial charge on any atom is 0.707 e. The zero-order chi connectivity index (χ0) is 25.4. The summed E-state index contributed by atoms with van der Waals surface area (Å²) in [6.07, 6.45) is -5.36. The number of nitrogens with one attached hydrogen (secondary N) is 1. The Morgan fingerprint density at radius 2 is 1.82 bits per heavy atom. The first-order valence-corrected chi connectivity index (χ1v) is 10.5. The van der Waals surface area contributed by atoms with Gasteiger partial charge in [0.1, 0.15) is 10.5 Å². The predicted molar refractivity (Wildman–Crippen MR) is 112 cm³/mol. The highest BCUT2D eigenvalue weighted by atomic mass is 32.2. The third-order valence-corrected chi connectivity index (χ3v) is 7.05. The van der Waals surface area contributed by atoms with Gasteiger partial charge in [0.15, 0.2) is 17.4 Å². The van der Waals surface area contributed by atoms with E-state index in [1.54, 1.807) is 0 Å². The average molecular weight is 509 g/mol. The summed E-state index contributed by atoms with van der Waals surface area (Å²) in [4.78, 5) is 13.0. The van der Waals surface area contributed by atoms with Crippen molar-refractivity contribution in [2.75, 3.05) is 12.4 Å². The summed E-state index contributed by atoms with van der Waals surface area (Å²) in [7, 11) is -1.33. The van der Waals surface area contributed by atoms with Gasteiger partial charge in [0.2, 0.25) is 11.7 Å². The highest BCUT2D eigenvalue weighted by molar-refractivity contribution is 8.02. The molecule has 1 aliphatic rings. The third-order valence-electron chi connectivity index (χ3n) is 5.34. The number of halogens is 6. The monoisotopic (exact) mass is 509 g/mol. The van der Waals surface area contributed by atoms with E-state index in [4.69, 9.17) is 14.8 Å². The molecule has 0 radical (unpaired) electrons. The van der Waals surface area contributed by atoms with Gasteiger partial charge in [-0.15, -0.1) is 11.8 Å². The first kappa shape index (κ1) is 26.0. The standard InChI is InChI=1S/C20H18BF6NO5S/c1-19(20(25,26)27)8-11(10-4-6-13(23)15(24)16(10)32-2)17(34-19)18(29)28-9-3-5-12(22)14(7-9)33-21(30)31/h3-7,11,17,30-31H,8H2,1-2H3,(H,28,29)/t11-,17+,19+/m0/s1. The minimum atomic E-state index is -4.73. The zero-order valence-corrected chi connectivity index (χ0v) is 18.4. The fourth-order valence-electron chi connectivity index (χ4n) is 3.67. The van der Waals surface area contributed by atoms with Crippen LogP contribution in [0.1, 0.15) is 24.8 Å². The third kappa shape index (κ3) is 5.08. The van der Waals surface area contributed by atoms with Crippen LogP contribution in [0.3, 0.4) is 0 Å². The number of hydrogen-bond acceptors (Lipinski definition) is 6. The molecule has 184 valence electrons. The number of thioether (sulfide) groups is 1. The molecular formula is C20H18BF6NO5S. The molecule has 0 aliphatic carbocycles. The van der Waals surface area contributed by atoms with Crippen molar-refractivity contribution in [2.24, 2.45) is 0 Å². The van der Waals surface area contributed by atoms with E-state index >= 15 is 0 Å². The maximum absolute atomic E-state index is 14.3. The van der Waals surface area contributed by atoms with Crippen molar-refractivity contribution in [3.63, 3.8) is 0 Å². The number of benzene rings is 2. The second-order valence-corrected chi connectivity index (χ2v) is 9.28. The van der Waals surface area contributed by atoms with Crippen LogP contribution in [0.25, 0.3) is 0 Å². The molecule has 3 rings (SSSR count). The number of rotatable bonds is 6. The van der Waals surface area contributed by atoms with Crippen molar-refractivity contribution in [1.82, 2.24) is 0 Å². The van der Waals surface area contributed by atoms with Crippen LogP contribution in [0.5, 0.6) is 11.5 Å². The second kappa shape index (κ2) is 9.58. The fourth-order valence-corrected chi connectivity index (χ4v) is 5.22. The molecule has 3 N–H and O–H groups in total. The Kier molecular flexibility index (Phi) is 7.34. The van der Waals surface area contributed by atoms with E-state index in [0.29, 0.717) is 11.8 Å². The molecular weight excluding hydrogens is 491 g/mol. The summed E-state index contributed by atoms with van der Waals surface area (Å²) < 4.78 is 90.1. The molecule has 0 spiro atoms. The Labute approximate surface area is 194 Å². The molecule has 2 aromatic carbocycles. The molecule has 1 fully saturated rings. The number of carbonyl (C=O) groups excluding carboxylic acids is 1. The van der Waals surface area contributed by atoms with Crippen LogP contribution < -0.4 is 14.7 Å².